The van der Waals surface area contributed by atoms with Gasteiger partial charge >= 0.3 is 0 Å². The molecule has 0 saturated heterocycles. The van der Waals surface area contributed by atoms with E-state index in [-0.39, 0.29) is 5.69 Å². The molecule has 8 heteroatoms. The molecule has 2 rings (SSSR count). The van der Waals surface area contributed by atoms with Crippen molar-refractivity contribution in [2.24, 2.45) is 10.1 Å². The van der Waals surface area contributed by atoms with Crippen molar-refractivity contribution in [3.05, 3.63) is 29.8 Å². The summed E-state index contributed by atoms with van der Waals surface area (Å²) in [5, 5.41) is 17.5. The normalized spacial score (nSPS) is 12.3. The number of rotatable bonds is 3. The highest BCUT2D eigenvalue weighted by atomic mass is 32.2. The third kappa shape index (κ3) is 2.52. The monoisotopic (exact) mass is 290 g/mol. The number of phenols is 1. The van der Waals surface area contributed by atoms with Crippen molar-refractivity contribution in [1.29, 1.82) is 0 Å². The molecule has 0 heterocycles. The van der Waals surface area contributed by atoms with Crippen molar-refractivity contribution in [1.82, 2.24) is 0 Å². The van der Waals surface area contributed by atoms with E-state index < -0.39 is 20.8 Å². The summed E-state index contributed by atoms with van der Waals surface area (Å²) in [5.74, 6) is -0.682. The molecule has 0 atom stereocenters. The van der Waals surface area contributed by atoms with E-state index >= 15 is 0 Å². The van der Waals surface area contributed by atoms with Gasteiger partial charge in [-0.3, -0.25) is 9.58 Å². The summed E-state index contributed by atoms with van der Waals surface area (Å²) in [6, 6.07) is 6.45. The number of hydrogen-bond donors (Lipinski definition) is 2. The largest absolute Gasteiger partial charge is 0.504 e. The second-order valence-corrected chi connectivity index (χ2v) is 5.56. The number of aryl methyl sites for hydroxylation is 1. The maximum absolute atomic E-state index is 11.3. The van der Waals surface area contributed by atoms with E-state index in [1.54, 1.807) is 12.1 Å². The second-order valence-electron chi connectivity index (χ2n) is 4.17. The molecule has 0 spiro atoms. The summed E-state index contributed by atoms with van der Waals surface area (Å²) in [7, 11) is 0.393. The summed E-state index contributed by atoms with van der Waals surface area (Å²) in [5.41, 5.74) is 0.875. The fourth-order valence-electron chi connectivity index (χ4n) is 1.98. The molecule has 0 fully saturated rings. The van der Waals surface area contributed by atoms with Crippen LogP contribution >= 0.6 is 0 Å². The average Bonchev–Trinajstić information content (AvgIpc) is 2.39. The highest BCUT2D eigenvalue weighted by Crippen LogP contribution is 2.40. The predicted molar refractivity (Wildman–Crippen MR) is 75.1 cm³/mol. The minimum atomic E-state index is -4.58. The molecule has 2 aromatic carbocycles. The lowest BCUT2D eigenvalue weighted by molar-refractivity contribution is 0.445. The number of hydrogen-bond acceptors (Lipinski definition) is 5. The summed E-state index contributed by atoms with van der Waals surface area (Å²) in [6.45, 7) is 1.95. The first-order valence-corrected chi connectivity index (χ1v) is 7.19. The molecule has 0 aromatic heterocycles. The highest BCUT2D eigenvalue weighted by Gasteiger charge is 2.21. The van der Waals surface area contributed by atoms with Crippen molar-refractivity contribution in [3.8, 4) is 5.75 Å². The zero-order valence-corrected chi connectivity index (χ0v) is 11.4. The van der Waals surface area contributed by atoms with E-state index in [1.807, 2.05) is 13.0 Å². The number of phenolic OH excluding ortho intramolecular Hbond substituents is 1. The Bertz CT molecular complexity index is 803. The van der Waals surface area contributed by atoms with Gasteiger partial charge in [-0.05, 0) is 23.4 Å². The van der Waals surface area contributed by atoms with E-state index in [9.17, 15) is 13.5 Å². The van der Waals surface area contributed by atoms with Crippen molar-refractivity contribution in [2.45, 2.75) is 18.2 Å². The highest BCUT2D eigenvalue weighted by molar-refractivity contribution is 7.86. The first-order valence-electron chi connectivity index (χ1n) is 5.75. The van der Waals surface area contributed by atoms with Crippen LogP contribution in [0.4, 0.5) is 5.69 Å². The number of nitrogens with zero attached hydrogens (tertiary/aromatic N) is 2. The van der Waals surface area contributed by atoms with Gasteiger partial charge in [0, 0.05) is 5.39 Å². The Morgan fingerprint density at radius 1 is 1.30 bits per heavy atom. The number of fused-ring (bicyclic) bond motifs is 1. The number of aromatic hydroxyl groups is 1. The van der Waals surface area contributed by atoms with Gasteiger partial charge in [-0.2, -0.15) is 13.5 Å². The van der Waals surface area contributed by atoms with Crippen LogP contribution in [0.3, 0.4) is 0 Å². The molecule has 0 aliphatic heterocycles. The van der Waals surface area contributed by atoms with Crippen molar-refractivity contribution < 1.29 is 18.1 Å². The lowest BCUT2D eigenvalue weighted by Crippen LogP contribution is -1.99. The van der Waals surface area contributed by atoms with Gasteiger partial charge < -0.3 is 5.11 Å². The Hall–Kier alpha value is -1.93. The molecule has 0 bridgehead atoms. The lowest BCUT2D eigenvalue weighted by atomic mass is 10.0. The summed E-state index contributed by atoms with van der Waals surface area (Å²) < 4.78 is 31.8. The number of benzene rings is 2. The van der Waals surface area contributed by atoms with Gasteiger partial charge in [0.05, 0.1) is 0 Å². The second kappa shape index (κ2) is 5.22. The van der Waals surface area contributed by atoms with Gasteiger partial charge in [-0.15, -0.1) is 0 Å². The van der Waals surface area contributed by atoms with Crippen LogP contribution in [0.2, 0.25) is 0 Å². The van der Waals surface area contributed by atoms with Crippen molar-refractivity contribution >= 4 is 34.6 Å². The Labute approximate surface area is 117 Å². The van der Waals surface area contributed by atoms with Crippen LogP contribution in [-0.4, -0.2) is 26.1 Å². The van der Waals surface area contributed by atoms with Crippen LogP contribution in [0.5, 0.6) is 5.75 Å². The predicted octanol–water partition coefficient (Wildman–Crippen LogP) is 2.52. The van der Waals surface area contributed by atoms with Gasteiger partial charge in [0.1, 0.15) is 10.6 Å². The molecule has 0 unspecified atom stereocenters. The van der Waals surface area contributed by atoms with Crippen LogP contribution < -0.4 is 0 Å². The Morgan fingerprint density at radius 3 is 2.55 bits per heavy atom. The maximum Gasteiger partial charge on any atom is 0.298 e. The molecule has 0 aliphatic carbocycles. The Kier molecular flexibility index (Phi) is 3.78. The van der Waals surface area contributed by atoms with Crippen LogP contribution in [0, 0.1) is 0 Å². The zero-order valence-electron chi connectivity index (χ0n) is 10.6. The first kappa shape index (κ1) is 14.5. The van der Waals surface area contributed by atoms with Crippen molar-refractivity contribution in [2.75, 3.05) is 0 Å². The van der Waals surface area contributed by atoms with E-state index in [0.29, 0.717) is 10.8 Å². The smallest absolute Gasteiger partial charge is 0.298 e. The molecule has 2 N–H and O–H groups in total. The Balaban J connectivity index is 2.94. The Morgan fingerprint density at radius 2 is 2.00 bits per heavy atom. The SMILES string of the molecule is [B]N=Nc1c(O)c(S(=O)(=O)O)cc2cc(CC)ccc12. The molecule has 20 heavy (non-hydrogen) atoms. The maximum atomic E-state index is 11.3. The molecule has 6 nitrogen and oxygen atoms in total. The standard InChI is InChI=1S/C12H11BN2O4S/c1-2-7-3-4-9-8(5-7)6-10(20(17,18)19)12(16)11(9)14-15-13/h3-6,16H,2H2,1H3,(H,17,18,19). The summed E-state index contributed by atoms with van der Waals surface area (Å²) >= 11 is 0. The molecular formula is C12H11BN2O4S. The zero-order chi connectivity index (χ0) is 14.9. The lowest BCUT2D eigenvalue weighted by Gasteiger charge is -2.09. The van der Waals surface area contributed by atoms with Gasteiger partial charge in [-0.1, -0.05) is 25.1 Å². The van der Waals surface area contributed by atoms with E-state index in [0.717, 1.165) is 12.0 Å². The van der Waals surface area contributed by atoms with Gasteiger partial charge in [0.15, 0.2) is 5.75 Å². The molecule has 0 saturated carbocycles. The van der Waals surface area contributed by atoms with Crippen LogP contribution in [-0.2, 0) is 16.5 Å². The van der Waals surface area contributed by atoms with Gasteiger partial charge in [0.2, 0.25) is 0 Å². The molecule has 2 radical (unpaired) electrons. The molecule has 2 aromatic rings. The molecule has 0 aliphatic rings. The molecule has 0 amide bonds. The van der Waals surface area contributed by atoms with E-state index in [4.69, 9.17) is 12.5 Å². The summed E-state index contributed by atoms with van der Waals surface area (Å²) in [4.78, 5) is -0.624. The minimum absolute atomic E-state index is 0.0970. The fourth-order valence-corrected chi connectivity index (χ4v) is 2.59. The van der Waals surface area contributed by atoms with Crippen LogP contribution in [0.25, 0.3) is 10.8 Å². The first-order chi connectivity index (χ1) is 9.38. The third-order valence-corrected chi connectivity index (χ3v) is 3.83. The van der Waals surface area contributed by atoms with Gasteiger partial charge in [-0.25, -0.2) is 0 Å². The van der Waals surface area contributed by atoms with E-state index in [1.165, 1.54) is 6.07 Å². The quantitative estimate of drug-likeness (QED) is 0.515. The van der Waals surface area contributed by atoms with Crippen LogP contribution in [0.15, 0.2) is 39.3 Å². The molecule has 102 valence electrons. The molecular weight excluding hydrogens is 279 g/mol. The van der Waals surface area contributed by atoms with Gasteiger partial charge in [0.25, 0.3) is 18.1 Å². The van der Waals surface area contributed by atoms with Crippen molar-refractivity contribution in [3.63, 3.8) is 0 Å². The minimum Gasteiger partial charge on any atom is -0.504 e. The summed E-state index contributed by atoms with van der Waals surface area (Å²) in [6.07, 6.45) is 0.756. The topological polar surface area (TPSA) is 99.3 Å². The fraction of sp³-hybridized carbons (Fsp3) is 0.167. The average molecular weight is 290 g/mol. The van der Waals surface area contributed by atoms with E-state index in [2.05, 4.69) is 10.1 Å². The third-order valence-electron chi connectivity index (χ3n) is 2.96. The van der Waals surface area contributed by atoms with Crippen LogP contribution in [0.1, 0.15) is 12.5 Å².